The third-order valence-corrected chi connectivity index (χ3v) is 8.92. The summed E-state index contributed by atoms with van der Waals surface area (Å²) in [5.74, 6) is 0.755. The van der Waals surface area contributed by atoms with Gasteiger partial charge in [-0.05, 0) is 49.7 Å². The number of piperazine rings is 1. The van der Waals surface area contributed by atoms with Gasteiger partial charge in [-0.1, -0.05) is 13.0 Å². The fourth-order valence-electron chi connectivity index (χ4n) is 3.35. The van der Waals surface area contributed by atoms with E-state index < -0.39 is 20.0 Å². The maximum atomic E-state index is 13.0. The van der Waals surface area contributed by atoms with Crippen LogP contribution in [0.3, 0.4) is 0 Å². The van der Waals surface area contributed by atoms with Crippen LogP contribution in [0.1, 0.15) is 20.3 Å². The first-order valence-corrected chi connectivity index (χ1v) is 13.1. The highest BCUT2D eigenvalue weighted by atomic mass is 32.2. The Morgan fingerprint density at radius 2 is 1.58 bits per heavy atom. The molecule has 1 aliphatic heterocycles. The van der Waals surface area contributed by atoms with Crippen LogP contribution in [-0.2, 0) is 20.0 Å². The Labute approximate surface area is 184 Å². The zero-order valence-electron chi connectivity index (χ0n) is 18.0. The number of hydrogen-bond acceptors (Lipinski definition) is 6. The average molecular weight is 468 g/mol. The van der Waals surface area contributed by atoms with Crippen LogP contribution in [0.4, 0.5) is 5.69 Å². The van der Waals surface area contributed by atoms with Crippen molar-refractivity contribution in [1.82, 2.24) is 9.03 Å². The minimum atomic E-state index is -3.70. The van der Waals surface area contributed by atoms with Gasteiger partial charge in [0.25, 0.3) is 0 Å². The molecule has 0 amide bonds. The zero-order valence-corrected chi connectivity index (χ0v) is 19.6. The van der Waals surface area contributed by atoms with E-state index in [0.717, 1.165) is 11.4 Å². The normalized spacial score (nSPS) is 16.8. The summed E-state index contributed by atoms with van der Waals surface area (Å²) < 4.78 is 60.1. The number of hydrogen-bond donors (Lipinski definition) is 1. The molecule has 0 radical (unpaired) electrons. The molecular formula is C21H29N3O5S2. The smallest absolute Gasteiger partial charge is 0.243 e. The van der Waals surface area contributed by atoms with Crippen molar-refractivity contribution in [2.45, 2.75) is 36.1 Å². The van der Waals surface area contributed by atoms with E-state index in [1.54, 1.807) is 14.0 Å². The summed E-state index contributed by atoms with van der Waals surface area (Å²) in [6.45, 7) is 5.46. The highest BCUT2D eigenvalue weighted by Crippen LogP contribution is 2.25. The molecule has 1 aliphatic rings. The summed E-state index contributed by atoms with van der Waals surface area (Å²) >= 11 is 0. The fraction of sp³-hybridized carbons (Fsp3) is 0.429. The van der Waals surface area contributed by atoms with Crippen LogP contribution in [0.5, 0.6) is 5.75 Å². The van der Waals surface area contributed by atoms with Crippen LogP contribution in [0, 0.1) is 0 Å². The summed E-state index contributed by atoms with van der Waals surface area (Å²) in [6.07, 6.45) is 0.660. The molecule has 170 valence electrons. The summed E-state index contributed by atoms with van der Waals surface area (Å²) in [5.41, 5.74) is 0.986. The Morgan fingerprint density at radius 3 is 2.16 bits per heavy atom. The molecule has 1 N–H and O–H groups in total. The van der Waals surface area contributed by atoms with Crippen LogP contribution in [-0.4, -0.2) is 60.5 Å². The van der Waals surface area contributed by atoms with E-state index in [9.17, 15) is 16.8 Å². The molecule has 31 heavy (non-hydrogen) atoms. The minimum Gasteiger partial charge on any atom is -0.497 e. The van der Waals surface area contributed by atoms with Gasteiger partial charge in [-0.2, -0.15) is 4.31 Å². The van der Waals surface area contributed by atoms with Crippen molar-refractivity contribution in [3.63, 3.8) is 0 Å². The number of benzene rings is 2. The third kappa shape index (κ3) is 5.38. The molecule has 8 nitrogen and oxygen atoms in total. The monoisotopic (exact) mass is 467 g/mol. The average Bonchev–Trinajstić information content (AvgIpc) is 2.79. The van der Waals surface area contributed by atoms with Crippen molar-refractivity contribution >= 4 is 25.7 Å². The first-order chi connectivity index (χ1) is 14.7. The molecule has 0 saturated carbocycles. The maximum Gasteiger partial charge on any atom is 0.243 e. The number of methoxy groups -OCH3 is 1. The van der Waals surface area contributed by atoms with Crippen molar-refractivity contribution in [2.75, 3.05) is 38.2 Å². The number of sulfonamides is 2. The third-order valence-electron chi connectivity index (χ3n) is 5.40. The molecule has 3 rings (SSSR count). The topological polar surface area (TPSA) is 96.0 Å². The van der Waals surface area contributed by atoms with Gasteiger partial charge in [-0.15, -0.1) is 0 Å². The zero-order chi connectivity index (χ0) is 22.6. The highest BCUT2D eigenvalue weighted by Gasteiger charge is 2.29. The fourth-order valence-corrected chi connectivity index (χ4v) is 6.10. The van der Waals surface area contributed by atoms with E-state index >= 15 is 0 Å². The lowest BCUT2D eigenvalue weighted by Crippen LogP contribution is -2.48. The second-order valence-electron chi connectivity index (χ2n) is 7.49. The van der Waals surface area contributed by atoms with Gasteiger partial charge >= 0.3 is 0 Å². The maximum absolute atomic E-state index is 13.0. The van der Waals surface area contributed by atoms with Gasteiger partial charge in [0, 0.05) is 44.0 Å². The largest absolute Gasteiger partial charge is 0.497 e. The van der Waals surface area contributed by atoms with E-state index in [1.165, 1.54) is 28.6 Å². The van der Waals surface area contributed by atoms with E-state index in [1.807, 2.05) is 31.2 Å². The number of ether oxygens (including phenoxy) is 1. The van der Waals surface area contributed by atoms with Crippen molar-refractivity contribution in [2.24, 2.45) is 0 Å². The Bertz CT molecular complexity index is 1090. The van der Waals surface area contributed by atoms with Crippen LogP contribution >= 0.6 is 0 Å². The molecular weight excluding hydrogens is 438 g/mol. The lowest BCUT2D eigenvalue weighted by Gasteiger charge is -2.35. The number of anilines is 1. The first kappa shape index (κ1) is 23.5. The van der Waals surface area contributed by atoms with Crippen LogP contribution in [0.25, 0.3) is 0 Å². The Kier molecular flexibility index (Phi) is 7.25. The molecule has 0 spiro atoms. The molecule has 10 heteroatoms. The van der Waals surface area contributed by atoms with Crippen LogP contribution < -0.4 is 14.4 Å². The number of nitrogens with one attached hydrogen (secondary N) is 1. The molecule has 1 saturated heterocycles. The quantitative estimate of drug-likeness (QED) is 0.640. The first-order valence-electron chi connectivity index (χ1n) is 10.2. The second kappa shape index (κ2) is 9.56. The highest BCUT2D eigenvalue weighted by molar-refractivity contribution is 7.89. The van der Waals surface area contributed by atoms with Gasteiger partial charge < -0.3 is 9.64 Å². The predicted octanol–water partition coefficient (Wildman–Crippen LogP) is 2.28. The summed E-state index contributed by atoms with van der Waals surface area (Å²) in [4.78, 5) is 2.25. The summed E-state index contributed by atoms with van der Waals surface area (Å²) in [7, 11) is -5.77. The van der Waals surface area contributed by atoms with Crippen molar-refractivity contribution in [3.05, 3.63) is 48.5 Å². The van der Waals surface area contributed by atoms with Gasteiger partial charge in [0.05, 0.1) is 16.9 Å². The lowest BCUT2D eigenvalue weighted by atomic mass is 10.2. The van der Waals surface area contributed by atoms with Crippen molar-refractivity contribution < 1.29 is 21.6 Å². The molecule has 0 aliphatic carbocycles. The number of nitrogens with zero attached hydrogens (tertiary/aromatic N) is 2. The Hall–Kier alpha value is -2.14. The SMILES string of the molecule is CCC(C)NS(=O)(=O)c1ccc(S(=O)(=O)N2CCN(c3cccc(OC)c3)CC2)cc1. The van der Waals surface area contributed by atoms with E-state index in [0.29, 0.717) is 32.6 Å². The van der Waals surface area contributed by atoms with Gasteiger partial charge in [0.1, 0.15) is 5.75 Å². The Morgan fingerprint density at radius 1 is 0.968 bits per heavy atom. The molecule has 1 unspecified atom stereocenters. The molecule has 0 aromatic heterocycles. The molecule has 2 aromatic rings. The van der Waals surface area contributed by atoms with Gasteiger partial charge in [-0.25, -0.2) is 21.6 Å². The number of rotatable bonds is 8. The minimum absolute atomic E-state index is 0.0506. The summed E-state index contributed by atoms with van der Waals surface area (Å²) in [6, 6.07) is 12.9. The van der Waals surface area contributed by atoms with Gasteiger partial charge in [-0.3, -0.25) is 0 Å². The molecule has 0 bridgehead atoms. The van der Waals surface area contributed by atoms with E-state index in [2.05, 4.69) is 9.62 Å². The van der Waals surface area contributed by atoms with Gasteiger partial charge in [0.15, 0.2) is 0 Å². The standard InChI is InChI=1S/C21H29N3O5S2/c1-4-17(2)22-30(25,26)20-8-10-21(11-9-20)31(27,28)24-14-12-23(13-15-24)18-6-5-7-19(16-18)29-3/h5-11,16-17,22H,4,12-15H2,1-3H3. The lowest BCUT2D eigenvalue weighted by molar-refractivity contribution is 0.384. The van der Waals surface area contributed by atoms with Crippen LogP contribution in [0.2, 0.25) is 0 Å². The Balaban J connectivity index is 1.70. The molecule has 1 atom stereocenters. The molecule has 2 aromatic carbocycles. The van der Waals surface area contributed by atoms with Crippen molar-refractivity contribution in [3.8, 4) is 5.75 Å². The second-order valence-corrected chi connectivity index (χ2v) is 11.1. The van der Waals surface area contributed by atoms with Crippen molar-refractivity contribution in [1.29, 1.82) is 0 Å². The van der Waals surface area contributed by atoms with Gasteiger partial charge in [0.2, 0.25) is 20.0 Å². The molecule has 1 heterocycles. The van der Waals surface area contributed by atoms with Crippen LogP contribution in [0.15, 0.2) is 58.3 Å². The summed E-state index contributed by atoms with van der Waals surface area (Å²) in [5, 5.41) is 0. The van der Waals surface area contributed by atoms with E-state index in [4.69, 9.17) is 4.74 Å². The predicted molar refractivity (Wildman–Crippen MR) is 120 cm³/mol. The molecule has 1 fully saturated rings. The van der Waals surface area contributed by atoms with E-state index in [-0.39, 0.29) is 15.8 Å².